The molecular formula is C17H39N3O. The fourth-order valence-electron chi connectivity index (χ4n) is 2.61. The molecule has 2 saturated heterocycles. The van der Waals surface area contributed by atoms with E-state index in [9.17, 15) is 0 Å². The van der Waals surface area contributed by atoms with Gasteiger partial charge in [-0.05, 0) is 20.0 Å². The van der Waals surface area contributed by atoms with Crippen molar-refractivity contribution in [3.05, 3.63) is 0 Å². The Morgan fingerprint density at radius 3 is 1.90 bits per heavy atom. The van der Waals surface area contributed by atoms with Crippen molar-refractivity contribution in [3.63, 3.8) is 0 Å². The van der Waals surface area contributed by atoms with E-state index in [1.54, 1.807) is 0 Å². The number of likely N-dealkylation sites (N-methyl/N-ethyl adjacent to an activating group) is 2. The van der Waals surface area contributed by atoms with E-state index >= 15 is 0 Å². The zero-order valence-electron chi connectivity index (χ0n) is 15.4. The van der Waals surface area contributed by atoms with Gasteiger partial charge in [0, 0.05) is 52.4 Å². The Balaban J connectivity index is 0.000000921. The van der Waals surface area contributed by atoms with Gasteiger partial charge in [-0.2, -0.15) is 0 Å². The van der Waals surface area contributed by atoms with Crippen LogP contribution in [0.1, 0.15) is 41.0 Å². The first-order chi connectivity index (χ1) is 10.3. The number of piperazine rings is 1. The average molecular weight is 302 g/mol. The SMILES string of the molecule is CC.CC.CCN1CCN(CCCOC2CN(C)C2)CC1. The predicted molar refractivity (Wildman–Crippen MR) is 93.1 cm³/mol. The maximum atomic E-state index is 5.80. The number of rotatable bonds is 6. The first kappa shape index (κ1) is 20.8. The lowest BCUT2D eigenvalue weighted by Gasteiger charge is -2.36. The molecule has 0 aromatic rings. The molecule has 0 atom stereocenters. The fourth-order valence-corrected chi connectivity index (χ4v) is 2.61. The van der Waals surface area contributed by atoms with Crippen molar-refractivity contribution in [2.75, 3.05) is 66.0 Å². The van der Waals surface area contributed by atoms with Crippen LogP contribution in [0.15, 0.2) is 0 Å². The molecule has 4 nitrogen and oxygen atoms in total. The Morgan fingerprint density at radius 2 is 1.43 bits per heavy atom. The molecule has 2 aliphatic heterocycles. The van der Waals surface area contributed by atoms with Crippen molar-refractivity contribution in [1.82, 2.24) is 14.7 Å². The van der Waals surface area contributed by atoms with Gasteiger partial charge in [-0.1, -0.05) is 34.6 Å². The molecule has 21 heavy (non-hydrogen) atoms. The van der Waals surface area contributed by atoms with Gasteiger partial charge in [0.15, 0.2) is 0 Å². The molecule has 0 radical (unpaired) electrons. The molecule has 0 bridgehead atoms. The highest BCUT2D eigenvalue weighted by Crippen LogP contribution is 2.09. The summed E-state index contributed by atoms with van der Waals surface area (Å²) in [7, 11) is 2.15. The van der Waals surface area contributed by atoms with Crippen LogP contribution in [0.25, 0.3) is 0 Å². The van der Waals surface area contributed by atoms with Crippen LogP contribution in [-0.2, 0) is 4.74 Å². The molecule has 0 amide bonds. The van der Waals surface area contributed by atoms with Crippen LogP contribution in [-0.4, -0.2) is 86.8 Å². The summed E-state index contributed by atoms with van der Waals surface area (Å²) < 4.78 is 5.80. The number of ether oxygens (including phenoxy) is 1. The fraction of sp³-hybridized carbons (Fsp3) is 1.00. The zero-order chi connectivity index (χ0) is 16.1. The number of hydrogen-bond acceptors (Lipinski definition) is 4. The van der Waals surface area contributed by atoms with Crippen molar-refractivity contribution in [2.45, 2.75) is 47.1 Å². The quantitative estimate of drug-likeness (QED) is 0.701. The summed E-state index contributed by atoms with van der Waals surface area (Å²) in [6.07, 6.45) is 1.70. The van der Waals surface area contributed by atoms with Crippen molar-refractivity contribution in [1.29, 1.82) is 0 Å². The maximum Gasteiger partial charge on any atom is 0.0828 e. The highest BCUT2D eigenvalue weighted by Gasteiger charge is 2.23. The lowest BCUT2D eigenvalue weighted by molar-refractivity contribution is -0.0458. The number of hydrogen-bond donors (Lipinski definition) is 0. The van der Waals surface area contributed by atoms with E-state index < -0.39 is 0 Å². The van der Waals surface area contributed by atoms with Crippen LogP contribution >= 0.6 is 0 Å². The van der Waals surface area contributed by atoms with Gasteiger partial charge in [-0.3, -0.25) is 0 Å². The maximum absolute atomic E-state index is 5.80. The molecule has 2 heterocycles. The molecule has 0 aromatic carbocycles. The zero-order valence-corrected chi connectivity index (χ0v) is 15.4. The molecule has 0 saturated carbocycles. The summed E-state index contributed by atoms with van der Waals surface area (Å²) >= 11 is 0. The van der Waals surface area contributed by atoms with Gasteiger partial charge in [0.25, 0.3) is 0 Å². The van der Waals surface area contributed by atoms with Crippen molar-refractivity contribution in [2.24, 2.45) is 0 Å². The second-order valence-electron chi connectivity index (χ2n) is 5.34. The normalized spacial score (nSPS) is 20.9. The Bertz CT molecular complexity index is 212. The molecule has 0 unspecified atom stereocenters. The van der Waals surface area contributed by atoms with Gasteiger partial charge in [-0.25, -0.2) is 0 Å². The number of nitrogens with zero attached hydrogens (tertiary/aromatic N) is 3. The average Bonchev–Trinajstić information content (AvgIpc) is 2.54. The summed E-state index contributed by atoms with van der Waals surface area (Å²) in [4.78, 5) is 7.40. The Morgan fingerprint density at radius 1 is 0.905 bits per heavy atom. The van der Waals surface area contributed by atoms with E-state index in [2.05, 4.69) is 28.7 Å². The van der Waals surface area contributed by atoms with E-state index in [1.807, 2.05) is 27.7 Å². The van der Waals surface area contributed by atoms with Crippen LogP contribution < -0.4 is 0 Å². The standard InChI is InChI=1S/C13H27N3O.2C2H6/c1-3-15-6-8-16(9-7-15)5-4-10-17-13-11-14(2)12-13;2*1-2/h13H,3-12H2,1-2H3;2*1-2H3. The van der Waals surface area contributed by atoms with Crippen LogP contribution in [0.5, 0.6) is 0 Å². The van der Waals surface area contributed by atoms with Crippen LogP contribution in [0, 0.1) is 0 Å². The first-order valence-corrected chi connectivity index (χ1v) is 9.03. The lowest BCUT2D eigenvalue weighted by Crippen LogP contribution is -2.50. The topological polar surface area (TPSA) is 19.0 Å². The molecule has 128 valence electrons. The van der Waals surface area contributed by atoms with Crippen LogP contribution in [0.4, 0.5) is 0 Å². The summed E-state index contributed by atoms with van der Waals surface area (Å²) in [6.45, 7) is 20.8. The monoisotopic (exact) mass is 301 g/mol. The van der Waals surface area contributed by atoms with Gasteiger partial charge in [0.1, 0.15) is 0 Å². The molecule has 0 aromatic heterocycles. The minimum Gasteiger partial charge on any atom is -0.376 e. The van der Waals surface area contributed by atoms with Crippen molar-refractivity contribution >= 4 is 0 Å². The van der Waals surface area contributed by atoms with Crippen molar-refractivity contribution < 1.29 is 4.74 Å². The lowest BCUT2D eigenvalue weighted by atomic mass is 10.2. The van der Waals surface area contributed by atoms with Gasteiger partial charge < -0.3 is 19.4 Å². The summed E-state index contributed by atoms with van der Waals surface area (Å²) in [5.41, 5.74) is 0. The van der Waals surface area contributed by atoms with E-state index in [4.69, 9.17) is 4.74 Å². The first-order valence-electron chi connectivity index (χ1n) is 9.03. The largest absolute Gasteiger partial charge is 0.376 e. The molecule has 0 spiro atoms. The third kappa shape index (κ3) is 8.77. The predicted octanol–water partition coefficient (Wildman–Crippen LogP) is 2.40. The Labute approximate surface area is 133 Å². The Hall–Kier alpha value is -0.160. The van der Waals surface area contributed by atoms with E-state index in [0.29, 0.717) is 6.10 Å². The molecule has 4 heteroatoms. The molecule has 2 fully saturated rings. The smallest absolute Gasteiger partial charge is 0.0828 e. The highest BCUT2D eigenvalue weighted by molar-refractivity contribution is 4.77. The highest BCUT2D eigenvalue weighted by atomic mass is 16.5. The molecule has 0 aliphatic carbocycles. The van der Waals surface area contributed by atoms with E-state index in [-0.39, 0.29) is 0 Å². The molecule has 2 aliphatic rings. The summed E-state index contributed by atoms with van der Waals surface area (Å²) in [5, 5.41) is 0. The second-order valence-corrected chi connectivity index (χ2v) is 5.34. The minimum atomic E-state index is 0.511. The molecular weight excluding hydrogens is 262 g/mol. The third-order valence-corrected chi connectivity index (χ3v) is 3.91. The molecule has 0 N–H and O–H groups in total. The molecule has 2 rings (SSSR count). The van der Waals surface area contributed by atoms with Gasteiger partial charge in [-0.15, -0.1) is 0 Å². The van der Waals surface area contributed by atoms with Crippen LogP contribution in [0.3, 0.4) is 0 Å². The van der Waals surface area contributed by atoms with Gasteiger partial charge in [0.05, 0.1) is 6.10 Å². The summed E-state index contributed by atoms with van der Waals surface area (Å²) in [6, 6.07) is 0. The summed E-state index contributed by atoms with van der Waals surface area (Å²) in [5.74, 6) is 0. The minimum absolute atomic E-state index is 0.511. The van der Waals surface area contributed by atoms with E-state index in [0.717, 1.165) is 19.7 Å². The van der Waals surface area contributed by atoms with E-state index in [1.165, 1.54) is 45.7 Å². The van der Waals surface area contributed by atoms with Crippen LogP contribution in [0.2, 0.25) is 0 Å². The second kappa shape index (κ2) is 13.5. The third-order valence-electron chi connectivity index (χ3n) is 3.91. The van der Waals surface area contributed by atoms with Crippen molar-refractivity contribution in [3.8, 4) is 0 Å². The number of likely N-dealkylation sites (tertiary alicyclic amines) is 1. The van der Waals surface area contributed by atoms with Gasteiger partial charge >= 0.3 is 0 Å². The Kier molecular flexibility index (Phi) is 13.4. The van der Waals surface area contributed by atoms with Gasteiger partial charge in [0.2, 0.25) is 0 Å².